The molecule has 1 aromatic carbocycles. The maximum Gasteiger partial charge on any atom is 0.0723 e. The second kappa shape index (κ2) is 5.67. The van der Waals surface area contributed by atoms with Crippen LogP contribution in [-0.2, 0) is 6.54 Å². The standard InChI is InChI=1S/C14H18BrN3/c1-3-6-18-13(4-5-17-18)14(16)11-7-10(2)8-12(15)9-11/h4-5,7-9,14H,3,6,16H2,1-2H3. The highest BCUT2D eigenvalue weighted by Crippen LogP contribution is 2.24. The van der Waals surface area contributed by atoms with E-state index in [1.54, 1.807) is 0 Å². The number of hydrogen-bond acceptors (Lipinski definition) is 2. The first-order valence-electron chi connectivity index (χ1n) is 6.16. The summed E-state index contributed by atoms with van der Waals surface area (Å²) in [4.78, 5) is 0. The summed E-state index contributed by atoms with van der Waals surface area (Å²) in [5.74, 6) is 0. The van der Waals surface area contributed by atoms with E-state index in [1.807, 2.05) is 16.9 Å². The van der Waals surface area contributed by atoms with Crippen LogP contribution >= 0.6 is 15.9 Å². The fourth-order valence-electron chi connectivity index (χ4n) is 2.12. The number of benzene rings is 1. The van der Waals surface area contributed by atoms with Crippen molar-refractivity contribution in [3.63, 3.8) is 0 Å². The van der Waals surface area contributed by atoms with E-state index in [0.717, 1.165) is 28.7 Å². The maximum absolute atomic E-state index is 6.35. The molecule has 2 rings (SSSR count). The van der Waals surface area contributed by atoms with Crippen LogP contribution in [0.25, 0.3) is 0 Å². The monoisotopic (exact) mass is 307 g/mol. The Morgan fingerprint density at radius 2 is 2.17 bits per heavy atom. The number of aromatic nitrogens is 2. The van der Waals surface area contributed by atoms with Gasteiger partial charge in [-0.05, 0) is 42.7 Å². The summed E-state index contributed by atoms with van der Waals surface area (Å²) in [5.41, 5.74) is 9.73. The molecular weight excluding hydrogens is 290 g/mol. The van der Waals surface area contributed by atoms with Gasteiger partial charge in [-0.3, -0.25) is 4.68 Å². The summed E-state index contributed by atoms with van der Waals surface area (Å²) < 4.78 is 3.05. The fourth-order valence-corrected chi connectivity index (χ4v) is 2.75. The second-order valence-corrected chi connectivity index (χ2v) is 5.43. The lowest BCUT2D eigenvalue weighted by molar-refractivity contribution is 0.559. The number of aryl methyl sites for hydroxylation is 2. The normalized spacial score (nSPS) is 12.7. The molecule has 18 heavy (non-hydrogen) atoms. The van der Waals surface area contributed by atoms with Crippen LogP contribution < -0.4 is 5.73 Å². The van der Waals surface area contributed by atoms with Gasteiger partial charge in [-0.15, -0.1) is 0 Å². The van der Waals surface area contributed by atoms with Crippen LogP contribution in [0.2, 0.25) is 0 Å². The Balaban J connectivity index is 2.34. The van der Waals surface area contributed by atoms with E-state index >= 15 is 0 Å². The molecular formula is C14H18BrN3. The zero-order valence-corrected chi connectivity index (χ0v) is 12.3. The van der Waals surface area contributed by atoms with Gasteiger partial charge in [-0.2, -0.15) is 5.10 Å². The van der Waals surface area contributed by atoms with Crippen LogP contribution in [-0.4, -0.2) is 9.78 Å². The number of nitrogens with two attached hydrogens (primary N) is 1. The Labute approximate surface area is 116 Å². The number of nitrogens with zero attached hydrogens (tertiary/aromatic N) is 2. The Morgan fingerprint density at radius 1 is 1.39 bits per heavy atom. The molecule has 0 saturated carbocycles. The molecule has 0 aliphatic heterocycles. The minimum absolute atomic E-state index is 0.129. The van der Waals surface area contributed by atoms with Crippen molar-refractivity contribution in [2.75, 3.05) is 0 Å². The number of hydrogen-bond donors (Lipinski definition) is 1. The molecule has 2 aromatic rings. The predicted octanol–water partition coefficient (Wildman–Crippen LogP) is 3.41. The first kappa shape index (κ1) is 13.3. The Bertz CT molecular complexity index is 513. The molecule has 3 nitrogen and oxygen atoms in total. The molecule has 1 atom stereocenters. The lowest BCUT2D eigenvalue weighted by atomic mass is 10.0. The molecule has 2 N–H and O–H groups in total. The zero-order chi connectivity index (χ0) is 13.1. The molecule has 0 saturated heterocycles. The minimum Gasteiger partial charge on any atom is -0.319 e. The van der Waals surface area contributed by atoms with Crippen molar-refractivity contribution in [2.45, 2.75) is 32.9 Å². The van der Waals surface area contributed by atoms with Crippen molar-refractivity contribution in [3.05, 3.63) is 51.8 Å². The fraction of sp³-hybridized carbons (Fsp3) is 0.357. The number of rotatable bonds is 4. The van der Waals surface area contributed by atoms with Crippen molar-refractivity contribution in [1.82, 2.24) is 9.78 Å². The molecule has 0 aliphatic rings. The first-order chi connectivity index (χ1) is 8.61. The van der Waals surface area contributed by atoms with Crippen LogP contribution in [0, 0.1) is 6.92 Å². The zero-order valence-electron chi connectivity index (χ0n) is 10.7. The van der Waals surface area contributed by atoms with Gasteiger partial charge in [0.1, 0.15) is 0 Å². The van der Waals surface area contributed by atoms with E-state index in [-0.39, 0.29) is 6.04 Å². The predicted molar refractivity (Wildman–Crippen MR) is 77.4 cm³/mol. The molecule has 0 radical (unpaired) electrons. The van der Waals surface area contributed by atoms with Gasteiger partial charge in [0.25, 0.3) is 0 Å². The maximum atomic E-state index is 6.35. The van der Waals surface area contributed by atoms with Gasteiger partial charge in [-0.25, -0.2) is 0 Å². The molecule has 96 valence electrons. The van der Waals surface area contributed by atoms with Gasteiger partial charge in [0, 0.05) is 17.2 Å². The van der Waals surface area contributed by atoms with Crippen molar-refractivity contribution >= 4 is 15.9 Å². The van der Waals surface area contributed by atoms with Crippen LogP contribution in [0.5, 0.6) is 0 Å². The quantitative estimate of drug-likeness (QED) is 0.940. The van der Waals surface area contributed by atoms with Gasteiger partial charge >= 0.3 is 0 Å². The first-order valence-corrected chi connectivity index (χ1v) is 6.95. The average molecular weight is 308 g/mol. The van der Waals surface area contributed by atoms with Gasteiger partial charge in [-0.1, -0.05) is 28.9 Å². The van der Waals surface area contributed by atoms with Crippen molar-refractivity contribution < 1.29 is 0 Å². The Hall–Kier alpha value is -1.13. The summed E-state index contributed by atoms with van der Waals surface area (Å²) in [7, 11) is 0. The van der Waals surface area contributed by atoms with Gasteiger partial charge in [0.15, 0.2) is 0 Å². The van der Waals surface area contributed by atoms with Gasteiger partial charge in [0.05, 0.1) is 11.7 Å². The Morgan fingerprint density at radius 3 is 2.83 bits per heavy atom. The molecule has 0 bridgehead atoms. The summed E-state index contributed by atoms with van der Waals surface area (Å²) in [6, 6.07) is 8.14. The largest absolute Gasteiger partial charge is 0.319 e. The molecule has 1 unspecified atom stereocenters. The molecule has 0 fully saturated rings. The van der Waals surface area contributed by atoms with E-state index < -0.39 is 0 Å². The van der Waals surface area contributed by atoms with Crippen LogP contribution in [0.4, 0.5) is 0 Å². The topological polar surface area (TPSA) is 43.8 Å². The van der Waals surface area contributed by atoms with Gasteiger partial charge in [0.2, 0.25) is 0 Å². The van der Waals surface area contributed by atoms with Crippen LogP contribution in [0.15, 0.2) is 34.9 Å². The SMILES string of the molecule is CCCn1nccc1C(N)c1cc(C)cc(Br)c1. The van der Waals surface area contributed by atoms with Crippen molar-refractivity contribution in [2.24, 2.45) is 5.73 Å². The molecule has 0 spiro atoms. The average Bonchev–Trinajstić information content (AvgIpc) is 2.75. The molecule has 1 heterocycles. The third-order valence-corrected chi connectivity index (χ3v) is 3.38. The van der Waals surface area contributed by atoms with Gasteiger partial charge < -0.3 is 5.73 Å². The van der Waals surface area contributed by atoms with Crippen molar-refractivity contribution in [3.8, 4) is 0 Å². The van der Waals surface area contributed by atoms with E-state index in [9.17, 15) is 0 Å². The minimum atomic E-state index is -0.129. The number of halogens is 1. The highest BCUT2D eigenvalue weighted by Gasteiger charge is 2.14. The highest BCUT2D eigenvalue weighted by molar-refractivity contribution is 9.10. The third kappa shape index (κ3) is 2.82. The molecule has 0 amide bonds. The van der Waals surface area contributed by atoms with E-state index in [1.165, 1.54) is 5.56 Å². The van der Waals surface area contributed by atoms with E-state index in [2.05, 4.69) is 53.1 Å². The second-order valence-electron chi connectivity index (χ2n) is 4.52. The molecule has 4 heteroatoms. The molecule has 1 aromatic heterocycles. The van der Waals surface area contributed by atoms with Crippen molar-refractivity contribution in [1.29, 1.82) is 0 Å². The summed E-state index contributed by atoms with van der Waals surface area (Å²) in [6.07, 6.45) is 2.87. The molecule has 0 aliphatic carbocycles. The third-order valence-electron chi connectivity index (χ3n) is 2.93. The lowest BCUT2D eigenvalue weighted by Gasteiger charge is -2.15. The van der Waals surface area contributed by atoms with Crippen LogP contribution in [0.1, 0.15) is 36.2 Å². The van der Waals surface area contributed by atoms with E-state index in [4.69, 9.17) is 5.73 Å². The summed E-state index contributed by atoms with van der Waals surface area (Å²) in [5, 5.41) is 4.32. The highest BCUT2D eigenvalue weighted by atomic mass is 79.9. The smallest absolute Gasteiger partial charge is 0.0723 e. The van der Waals surface area contributed by atoms with E-state index in [0.29, 0.717) is 0 Å². The summed E-state index contributed by atoms with van der Waals surface area (Å²) in [6.45, 7) is 5.12. The summed E-state index contributed by atoms with van der Waals surface area (Å²) >= 11 is 3.52. The Kier molecular flexibility index (Phi) is 4.19. The lowest BCUT2D eigenvalue weighted by Crippen LogP contribution is -2.17. The van der Waals surface area contributed by atoms with Crippen LogP contribution in [0.3, 0.4) is 0 Å².